The zero-order valence-corrected chi connectivity index (χ0v) is 14.4. The molecular formula is C14H24N2O2S2. The average Bonchev–Trinajstić information content (AvgIpc) is 2.45. The first-order valence-electron chi connectivity index (χ1n) is 6.54. The van der Waals surface area contributed by atoms with Crippen LogP contribution < -0.4 is 10.0 Å². The number of thioether (sulfide) groups is 1. The van der Waals surface area contributed by atoms with Gasteiger partial charge in [-0.05, 0) is 51.8 Å². The van der Waals surface area contributed by atoms with Gasteiger partial charge in [0.25, 0.3) is 0 Å². The van der Waals surface area contributed by atoms with Gasteiger partial charge in [0.05, 0.1) is 4.90 Å². The van der Waals surface area contributed by atoms with Crippen LogP contribution in [0, 0.1) is 0 Å². The largest absolute Gasteiger partial charge is 0.313 e. The van der Waals surface area contributed by atoms with E-state index in [1.807, 2.05) is 40.1 Å². The summed E-state index contributed by atoms with van der Waals surface area (Å²) in [6.45, 7) is 6.43. The van der Waals surface area contributed by atoms with E-state index < -0.39 is 10.0 Å². The molecule has 0 saturated heterocycles. The molecule has 1 aromatic rings. The van der Waals surface area contributed by atoms with Gasteiger partial charge in [-0.15, -0.1) is 0 Å². The number of sulfonamides is 1. The summed E-state index contributed by atoms with van der Waals surface area (Å²) in [6, 6.07) is 7.16. The number of hydrogen-bond donors (Lipinski definition) is 2. The van der Waals surface area contributed by atoms with Crippen LogP contribution in [0.1, 0.15) is 32.4 Å². The molecule has 0 bridgehead atoms. The fraction of sp³-hybridized carbons (Fsp3) is 0.571. The Labute approximate surface area is 126 Å². The van der Waals surface area contributed by atoms with E-state index in [1.165, 1.54) is 0 Å². The zero-order chi connectivity index (χ0) is 15.4. The lowest BCUT2D eigenvalue weighted by molar-refractivity contribution is 0.570. The smallest absolute Gasteiger partial charge is 0.240 e. The first-order valence-corrected chi connectivity index (χ1v) is 9.25. The van der Waals surface area contributed by atoms with Crippen molar-refractivity contribution in [3.63, 3.8) is 0 Å². The van der Waals surface area contributed by atoms with Crippen molar-refractivity contribution in [3.05, 3.63) is 29.8 Å². The van der Waals surface area contributed by atoms with Crippen molar-refractivity contribution in [2.45, 2.75) is 36.5 Å². The summed E-state index contributed by atoms with van der Waals surface area (Å²) in [6.07, 6.45) is 1.98. The topological polar surface area (TPSA) is 58.2 Å². The molecule has 0 radical (unpaired) electrons. The lowest BCUT2D eigenvalue weighted by Gasteiger charge is -2.22. The number of nitrogens with one attached hydrogen (secondary N) is 2. The maximum atomic E-state index is 12.3. The van der Waals surface area contributed by atoms with Gasteiger partial charge in [-0.3, -0.25) is 0 Å². The van der Waals surface area contributed by atoms with E-state index in [4.69, 9.17) is 0 Å². The third kappa shape index (κ3) is 4.77. The molecule has 0 aromatic heterocycles. The van der Waals surface area contributed by atoms with E-state index in [1.54, 1.807) is 30.0 Å². The van der Waals surface area contributed by atoms with Gasteiger partial charge in [-0.1, -0.05) is 12.1 Å². The molecule has 0 spiro atoms. The molecule has 6 heteroatoms. The van der Waals surface area contributed by atoms with E-state index in [2.05, 4.69) is 10.0 Å². The maximum absolute atomic E-state index is 12.3. The molecule has 0 aliphatic heterocycles. The van der Waals surface area contributed by atoms with Crippen LogP contribution in [0.15, 0.2) is 29.2 Å². The number of hydrogen-bond acceptors (Lipinski definition) is 4. The highest BCUT2D eigenvalue weighted by atomic mass is 32.2. The number of benzene rings is 1. The van der Waals surface area contributed by atoms with Crippen LogP contribution in [0.2, 0.25) is 0 Å². The van der Waals surface area contributed by atoms with Crippen molar-refractivity contribution in [1.29, 1.82) is 0 Å². The van der Waals surface area contributed by atoms with Crippen LogP contribution in [0.4, 0.5) is 0 Å². The van der Waals surface area contributed by atoms with Gasteiger partial charge in [0, 0.05) is 17.3 Å². The fourth-order valence-corrected chi connectivity index (χ4v) is 3.12. The fourth-order valence-electron chi connectivity index (χ4n) is 1.54. The van der Waals surface area contributed by atoms with E-state index in [-0.39, 0.29) is 10.8 Å². The van der Waals surface area contributed by atoms with Gasteiger partial charge in [-0.25, -0.2) is 13.1 Å². The van der Waals surface area contributed by atoms with Crippen LogP contribution in [-0.4, -0.2) is 33.0 Å². The zero-order valence-electron chi connectivity index (χ0n) is 12.7. The SMILES string of the molecule is CNC(C)c1cccc(S(=O)(=O)NCC(C)(C)SC)c1. The molecule has 20 heavy (non-hydrogen) atoms. The third-order valence-electron chi connectivity index (χ3n) is 3.34. The van der Waals surface area contributed by atoms with Crippen molar-refractivity contribution in [1.82, 2.24) is 10.0 Å². The lowest BCUT2D eigenvalue weighted by Crippen LogP contribution is -2.36. The summed E-state index contributed by atoms with van der Waals surface area (Å²) in [5, 5.41) is 3.11. The Balaban J connectivity index is 2.93. The Morgan fingerprint density at radius 3 is 2.55 bits per heavy atom. The Morgan fingerprint density at radius 2 is 2.00 bits per heavy atom. The molecule has 0 aliphatic carbocycles. The van der Waals surface area contributed by atoms with Crippen molar-refractivity contribution in [3.8, 4) is 0 Å². The molecular weight excluding hydrogens is 292 g/mol. The summed E-state index contributed by atoms with van der Waals surface area (Å²) in [5.41, 5.74) is 0.958. The molecule has 0 fully saturated rings. The Hall–Kier alpha value is -0.560. The highest BCUT2D eigenvalue weighted by Gasteiger charge is 2.21. The molecule has 114 valence electrons. The molecule has 1 atom stereocenters. The van der Waals surface area contributed by atoms with Gasteiger partial charge in [0.1, 0.15) is 0 Å². The monoisotopic (exact) mass is 316 g/mol. The molecule has 0 heterocycles. The van der Waals surface area contributed by atoms with Crippen LogP contribution in [0.25, 0.3) is 0 Å². The number of rotatable bonds is 7. The van der Waals surface area contributed by atoms with Gasteiger partial charge >= 0.3 is 0 Å². The van der Waals surface area contributed by atoms with E-state index in [0.29, 0.717) is 11.4 Å². The molecule has 4 nitrogen and oxygen atoms in total. The van der Waals surface area contributed by atoms with Crippen molar-refractivity contribution >= 4 is 21.8 Å². The van der Waals surface area contributed by atoms with Crippen molar-refractivity contribution in [2.24, 2.45) is 0 Å². The van der Waals surface area contributed by atoms with Crippen LogP contribution in [-0.2, 0) is 10.0 Å². The quantitative estimate of drug-likeness (QED) is 0.811. The van der Waals surface area contributed by atoms with E-state index >= 15 is 0 Å². The highest BCUT2D eigenvalue weighted by molar-refractivity contribution is 8.00. The van der Waals surface area contributed by atoms with Gasteiger partial charge < -0.3 is 5.32 Å². The molecule has 0 amide bonds. The van der Waals surface area contributed by atoms with Gasteiger partial charge in [0.15, 0.2) is 0 Å². The average molecular weight is 316 g/mol. The van der Waals surface area contributed by atoms with Crippen molar-refractivity contribution in [2.75, 3.05) is 19.8 Å². The minimum atomic E-state index is -3.46. The Bertz CT molecular complexity index is 542. The predicted molar refractivity (Wildman–Crippen MR) is 86.7 cm³/mol. The molecule has 1 aromatic carbocycles. The molecule has 1 unspecified atom stereocenters. The minimum absolute atomic E-state index is 0.118. The van der Waals surface area contributed by atoms with Gasteiger partial charge in [0.2, 0.25) is 10.0 Å². The summed E-state index contributed by atoms with van der Waals surface area (Å²) in [4.78, 5) is 0.314. The summed E-state index contributed by atoms with van der Waals surface area (Å²) < 4.78 is 27.2. The Kier molecular flexibility index (Phi) is 6.06. The minimum Gasteiger partial charge on any atom is -0.313 e. The maximum Gasteiger partial charge on any atom is 0.240 e. The molecule has 1 rings (SSSR count). The predicted octanol–water partition coefficient (Wildman–Crippen LogP) is 2.39. The van der Waals surface area contributed by atoms with Gasteiger partial charge in [-0.2, -0.15) is 11.8 Å². The van der Waals surface area contributed by atoms with E-state index in [0.717, 1.165) is 5.56 Å². The van der Waals surface area contributed by atoms with Crippen molar-refractivity contribution < 1.29 is 8.42 Å². The van der Waals surface area contributed by atoms with Crippen LogP contribution >= 0.6 is 11.8 Å². The van der Waals surface area contributed by atoms with Crippen LogP contribution in [0.5, 0.6) is 0 Å². The molecule has 0 saturated carbocycles. The molecule has 2 N–H and O–H groups in total. The summed E-state index contributed by atoms with van der Waals surface area (Å²) in [7, 11) is -1.61. The van der Waals surface area contributed by atoms with E-state index in [9.17, 15) is 8.42 Å². The Morgan fingerprint density at radius 1 is 1.35 bits per heavy atom. The van der Waals surface area contributed by atoms with Crippen LogP contribution in [0.3, 0.4) is 0 Å². The normalized spacial score (nSPS) is 14.2. The molecule has 0 aliphatic rings. The second-order valence-corrected chi connectivity index (χ2v) is 8.65. The highest BCUT2D eigenvalue weighted by Crippen LogP contribution is 2.21. The summed E-state index contributed by atoms with van der Waals surface area (Å²) >= 11 is 1.64. The standard InChI is InChI=1S/C14H24N2O2S2/c1-11(15-4)12-7-6-8-13(9-12)20(17,18)16-10-14(2,3)19-5/h6-9,11,15-16H,10H2,1-5H3. The third-order valence-corrected chi connectivity index (χ3v) is 5.99. The second kappa shape index (κ2) is 6.93. The summed E-state index contributed by atoms with van der Waals surface area (Å²) in [5.74, 6) is 0. The lowest BCUT2D eigenvalue weighted by atomic mass is 10.1. The first kappa shape index (κ1) is 17.5. The first-order chi connectivity index (χ1) is 9.22. The second-order valence-electron chi connectivity index (χ2n) is 5.37.